The number of rotatable bonds is 24. The standard InChI is InChI=1S/C30H60O/c1-6-8-9-10-11-12-13-14-15-16-17-18-19-20-21-22-27-31-28-26-30(5,7-2)25-23-24-29(3)4/h14-15,29H,6-13,16-28H2,1-5H3/b15-14+. The van der Waals surface area contributed by atoms with E-state index in [4.69, 9.17) is 4.74 Å². The maximum Gasteiger partial charge on any atom is 0.0471 e. The van der Waals surface area contributed by atoms with Crippen LogP contribution in [0.4, 0.5) is 0 Å². The summed E-state index contributed by atoms with van der Waals surface area (Å²) in [5.74, 6) is 0.837. The summed E-state index contributed by atoms with van der Waals surface area (Å²) in [7, 11) is 0. The van der Waals surface area contributed by atoms with Crippen LogP contribution >= 0.6 is 0 Å². The van der Waals surface area contributed by atoms with E-state index in [1.165, 1.54) is 122 Å². The van der Waals surface area contributed by atoms with Crippen LogP contribution in [0.5, 0.6) is 0 Å². The SMILES string of the molecule is CCCCCCCC/C=C/CCCCCCCCOCCC(C)(CC)CCCC(C)C. The normalized spacial score (nSPS) is 14.0. The Bertz CT molecular complexity index is 373. The fraction of sp³-hybridized carbons (Fsp3) is 0.933. The molecule has 0 saturated heterocycles. The van der Waals surface area contributed by atoms with Gasteiger partial charge in [0.25, 0.3) is 0 Å². The van der Waals surface area contributed by atoms with Crippen LogP contribution in [0.15, 0.2) is 12.2 Å². The fourth-order valence-electron chi connectivity index (χ4n) is 4.29. The molecule has 1 unspecified atom stereocenters. The monoisotopic (exact) mass is 436 g/mol. The molecule has 0 aliphatic rings. The van der Waals surface area contributed by atoms with Crippen molar-refractivity contribution in [1.82, 2.24) is 0 Å². The lowest BCUT2D eigenvalue weighted by molar-refractivity contribution is 0.0895. The third-order valence-electron chi connectivity index (χ3n) is 7.07. The van der Waals surface area contributed by atoms with Gasteiger partial charge in [-0.3, -0.25) is 0 Å². The molecule has 0 rings (SSSR count). The quantitative estimate of drug-likeness (QED) is 0.108. The van der Waals surface area contributed by atoms with E-state index in [1.54, 1.807) is 0 Å². The van der Waals surface area contributed by atoms with Gasteiger partial charge in [-0.05, 0) is 56.3 Å². The Morgan fingerprint density at radius 2 is 1.19 bits per heavy atom. The molecule has 1 nitrogen and oxygen atoms in total. The lowest BCUT2D eigenvalue weighted by Gasteiger charge is -2.28. The first-order valence-electron chi connectivity index (χ1n) is 14.3. The third kappa shape index (κ3) is 22.7. The number of hydrogen-bond acceptors (Lipinski definition) is 1. The Hall–Kier alpha value is -0.300. The van der Waals surface area contributed by atoms with Gasteiger partial charge in [0, 0.05) is 13.2 Å². The zero-order chi connectivity index (χ0) is 23.0. The van der Waals surface area contributed by atoms with Crippen molar-refractivity contribution in [1.29, 1.82) is 0 Å². The van der Waals surface area contributed by atoms with E-state index in [0.717, 1.165) is 19.1 Å². The number of allylic oxidation sites excluding steroid dienone is 2. The van der Waals surface area contributed by atoms with Crippen LogP contribution in [-0.4, -0.2) is 13.2 Å². The molecule has 0 fully saturated rings. The maximum absolute atomic E-state index is 5.97. The van der Waals surface area contributed by atoms with Crippen LogP contribution in [0, 0.1) is 11.3 Å². The lowest BCUT2D eigenvalue weighted by atomic mass is 9.79. The molecule has 0 aliphatic carbocycles. The van der Waals surface area contributed by atoms with Crippen LogP contribution in [0.2, 0.25) is 0 Å². The van der Waals surface area contributed by atoms with Gasteiger partial charge in [0.05, 0.1) is 0 Å². The number of hydrogen-bond donors (Lipinski definition) is 0. The molecule has 186 valence electrons. The minimum absolute atomic E-state index is 0.484. The second kappa shape index (κ2) is 22.9. The summed E-state index contributed by atoms with van der Waals surface area (Å²) in [5, 5.41) is 0. The van der Waals surface area contributed by atoms with Crippen molar-refractivity contribution in [3.05, 3.63) is 12.2 Å². The Morgan fingerprint density at radius 3 is 1.74 bits per heavy atom. The van der Waals surface area contributed by atoms with Gasteiger partial charge in [-0.25, -0.2) is 0 Å². The molecular weight excluding hydrogens is 376 g/mol. The summed E-state index contributed by atoms with van der Waals surface area (Å²) >= 11 is 0. The van der Waals surface area contributed by atoms with Crippen molar-refractivity contribution in [3.63, 3.8) is 0 Å². The van der Waals surface area contributed by atoms with Gasteiger partial charge in [-0.15, -0.1) is 0 Å². The van der Waals surface area contributed by atoms with Gasteiger partial charge in [-0.1, -0.05) is 124 Å². The Labute approximate surface area is 198 Å². The van der Waals surface area contributed by atoms with Gasteiger partial charge in [0.1, 0.15) is 0 Å². The molecule has 0 aliphatic heterocycles. The Kier molecular flexibility index (Phi) is 22.7. The Balaban J connectivity index is 3.36. The summed E-state index contributed by atoms with van der Waals surface area (Å²) in [6.45, 7) is 13.7. The van der Waals surface area contributed by atoms with Crippen LogP contribution in [0.1, 0.15) is 157 Å². The average molecular weight is 437 g/mol. The van der Waals surface area contributed by atoms with Gasteiger partial charge in [0.2, 0.25) is 0 Å². The molecular formula is C30H60O. The van der Waals surface area contributed by atoms with E-state index in [0.29, 0.717) is 5.41 Å². The first-order valence-corrected chi connectivity index (χ1v) is 14.3. The highest BCUT2D eigenvalue weighted by atomic mass is 16.5. The van der Waals surface area contributed by atoms with Gasteiger partial charge in [-0.2, -0.15) is 0 Å². The zero-order valence-electron chi connectivity index (χ0n) is 22.5. The van der Waals surface area contributed by atoms with E-state index >= 15 is 0 Å². The van der Waals surface area contributed by atoms with E-state index < -0.39 is 0 Å². The fourth-order valence-corrected chi connectivity index (χ4v) is 4.29. The topological polar surface area (TPSA) is 9.23 Å². The largest absolute Gasteiger partial charge is 0.381 e. The van der Waals surface area contributed by atoms with E-state index in [9.17, 15) is 0 Å². The maximum atomic E-state index is 5.97. The molecule has 0 N–H and O–H groups in total. The van der Waals surface area contributed by atoms with Crippen LogP contribution in [0.3, 0.4) is 0 Å². The third-order valence-corrected chi connectivity index (χ3v) is 7.07. The molecule has 0 aromatic rings. The molecule has 0 saturated carbocycles. The summed E-state index contributed by atoms with van der Waals surface area (Å²) < 4.78 is 5.97. The van der Waals surface area contributed by atoms with Gasteiger partial charge < -0.3 is 4.74 Å². The zero-order valence-corrected chi connectivity index (χ0v) is 22.5. The van der Waals surface area contributed by atoms with Crippen LogP contribution in [-0.2, 0) is 4.74 Å². The molecule has 0 heterocycles. The summed E-state index contributed by atoms with van der Waals surface area (Å²) in [6.07, 6.45) is 30.6. The smallest absolute Gasteiger partial charge is 0.0471 e. The number of unbranched alkanes of at least 4 members (excludes halogenated alkanes) is 12. The second-order valence-corrected chi connectivity index (χ2v) is 10.8. The second-order valence-electron chi connectivity index (χ2n) is 10.8. The van der Waals surface area contributed by atoms with Gasteiger partial charge in [0.15, 0.2) is 0 Å². The first kappa shape index (κ1) is 30.7. The van der Waals surface area contributed by atoms with E-state index in [-0.39, 0.29) is 0 Å². The molecule has 1 atom stereocenters. The Morgan fingerprint density at radius 1 is 0.645 bits per heavy atom. The molecule has 0 radical (unpaired) electrons. The molecule has 31 heavy (non-hydrogen) atoms. The predicted octanol–water partition coefficient (Wildman–Crippen LogP) is 10.7. The highest BCUT2D eigenvalue weighted by Crippen LogP contribution is 2.32. The van der Waals surface area contributed by atoms with Crippen molar-refractivity contribution in [3.8, 4) is 0 Å². The first-order chi connectivity index (χ1) is 15.0. The predicted molar refractivity (Wildman–Crippen MR) is 142 cm³/mol. The lowest BCUT2D eigenvalue weighted by Crippen LogP contribution is -2.18. The summed E-state index contributed by atoms with van der Waals surface area (Å²) in [4.78, 5) is 0. The molecule has 0 aromatic heterocycles. The minimum atomic E-state index is 0.484. The highest BCUT2D eigenvalue weighted by molar-refractivity contribution is 4.81. The van der Waals surface area contributed by atoms with Crippen LogP contribution < -0.4 is 0 Å². The average Bonchev–Trinajstić information content (AvgIpc) is 2.75. The van der Waals surface area contributed by atoms with E-state index in [1.807, 2.05) is 0 Å². The van der Waals surface area contributed by atoms with Crippen molar-refractivity contribution in [2.75, 3.05) is 13.2 Å². The van der Waals surface area contributed by atoms with Crippen molar-refractivity contribution in [2.24, 2.45) is 11.3 Å². The van der Waals surface area contributed by atoms with E-state index in [2.05, 4.69) is 46.8 Å². The highest BCUT2D eigenvalue weighted by Gasteiger charge is 2.21. The molecule has 0 bridgehead atoms. The molecule has 0 amide bonds. The van der Waals surface area contributed by atoms with Crippen LogP contribution in [0.25, 0.3) is 0 Å². The van der Waals surface area contributed by atoms with Crippen molar-refractivity contribution < 1.29 is 4.74 Å². The van der Waals surface area contributed by atoms with Crippen molar-refractivity contribution >= 4 is 0 Å². The summed E-state index contributed by atoms with van der Waals surface area (Å²) in [6, 6.07) is 0. The summed E-state index contributed by atoms with van der Waals surface area (Å²) in [5.41, 5.74) is 0.484. The van der Waals surface area contributed by atoms with Gasteiger partial charge >= 0.3 is 0 Å². The van der Waals surface area contributed by atoms with Crippen molar-refractivity contribution in [2.45, 2.75) is 157 Å². The number of ether oxygens (including phenoxy) is 1. The molecule has 0 spiro atoms. The molecule has 1 heteroatoms. The minimum Gasteiger partial charge on any atom is -0.381 e. The molecule has 0 aromatic carbocycles.